The number of hydrogen-bond acceptors (Lipinski definition) is 4. The third-order valence-electron chi connectivity index (χ3n) is 6.05. The highest BCUT2D eigenvalue weighted by atomic mass is 16.5. The molecule has 1 fully saturated rings. The molecule has 6 nitrogen and oxygen atoms in total. The van der Waals surface area contributed by atoms with Gasteiger partial charge in [-0.15, -0.1) is 0 Å². The number of anilines is 1. The second-order valence-electron chi connectivity index (χ2n) is 8.07. The normalized spacial score (nSPS) is 18.4. The minimum Gasteiger partial charge on any atom is -0.497 e. The molecule has 2 aliphatic rings. The van der Waals surface area contributed by atoms with Crippen molar-refractivity contribution >= 4 is 17.5 Å². The lowest BCUT2D eigenvalue weighted by molar-refractivity contribution is -0.122. The van der Waals surface area contributed by atoms with E-state index >= 15 is 0 Å². The van der Waals surface area contributed by atoms with Crippen molar-refractivity contribution < 1.29 is 14.3 Å². The van der Waals surface area contributed by atoms with E-state index in [-0.39, 0.29) is 17.7 Å². The fourth-order valence-corrected chi connectivity index (χ4v) is 4.41. The van der Waals surface area contributed by atoms with Gasteiger partial charge in [-0.1, -0.05) is 18.2 Å². The number of fused-ring (bicyclic) bond motifs is 1. The standard InChI is InChI=1S/C24H29N3O3/c1-30-21-9-10-22-18(13-21)3-2-4-19(22)14-23(28)26-15-17-5-7-20(8-6-17)27-12-11-25-24(29)16-27/h5-10,13,19H,2-4,11-12,14-16H2,1H3,(H,25,29)(H,26,28). The Hall–Kier alpha value is -3.02. The SMILES string of the molecule is COc1ccc2c(c1)CCCC2CC(=O)NCc1ccc(N2CCNC(=O)C2)cc1. The Balaban J connectivity index is 1.31. The molecule has 0 aromatic heterocycles. The van der Waals surface area contributed by atoms with Crippen LogP contribution in [-0.2, 0) is 22.6 Å². The van der Waals surface area contributed by atoms with Crippen LogP contribution in [-0.4, -0.2) is 38.6 Å². The van der Waals surface area contributed by atoms with Crippen LogP contribution < -0.4 is 20.3 Å². The topological polar surface area (TPSA) is 70.7 Å². The third kappa shape index (κ3) is 4.75. The molecule has 1 unspecified atom stereocenters. The summed E-state index contributed by atoms with van der Waals surface area (Å²) in [6.45, 7) is 2.40. The van der Waals surface area contributed by atoms with E-state index in [1.165, 1.54) is 11.1 Å². The maximum absolute atomic E-state index is 12.6. The van der Waals surface area contributed by atoms with E-state index in [1.54, 1.807) is 7.11 Å². The smallest absolute Gasteiger partial charge is 0.239 e. The quantitative estimate of drug-likeness (QED) is 0.773. The van der Waals surface area contributed by atoms with Gasteiger partial charge in [0.25, 0.3) is 0 Å². The van der Waals surface area contributed by atoms with Crippen LogP contribution in [0.3, 0.4) is 0 Å². The molecule has 0 spiro atoms. The summed E-state index contributed by atoms with van der Waals surface area (Å²) >= 11 is 0. The number of ether oxygens (including phenoxy) is 1. The van der Waals surface area contributed by atoms with Gasteiger partial charge >= 0.3 is 0 Å². The van der Waals surface area contributed by atoms with Crippen LogP contribution in [0.4, 0.5) is 5.69 Å². The average Bonchev–Trinajstić information content (AvgIpc) is 2.78. The number of nitrogens with zero attached hydrogens (tertiary/aromatic N) is 1. The Kier molecular flexibility index (Phi) is 6.21. The third-order valence-corrected chi connectivity index (χ3v) is 6.05. The fourth-order valence-electron chi connectivity index (χ4n) is 4.41. The lowest BCUT2D eigenvalue weighted by Crippen LogP contribution is -2.47. The number of benzene rings is 2. The molecular formula is C24H29N3O3. The summed E-state index contributed by atoms with van der Waals surface area (Å²) < 4.78 is 5.33. The monoisotopic (exact) mass is 407 g/mol. The van der Waals surface area contributed by atoms with E-state index in [9.17, 15) is 9.59 Å². The first kappa shape index (κ1) is 20.3. The molecule has 6 heteroatoms. The van der Waals surface area contributed by atoms with Crippen molar-refractivity contribution in [1.82, 2.24) is 10.6 Å². The molecule has 0 radical (unpaired) electrons. The Bertz CT molecular complexity index is 910. The van der Waals surface area contributed by atoms with Crippen molar-refractivity contribution in [3.8, 4) is 5.75 Å². The molecule has 1 heterocycles. The van der Waals surface area contributed by atoms with Crippen LogP contribution in [0.25, 0.3) is 0 Å². The second-order valence-corrected chi connectivity index (χ2v) is 8.07. The van der Waals surface area contributed by atoms with Gasteiger partial charge in [0, 0.05) is 31.7 Å². The van der Waals surface area contributed by atoms with Crippen LogP contribution in [0.5, 0.6) is 5.75 Å². The number of rotatable bonds is 6. The minimum atomic E-state index is 0.0559. The number of nitrogens with one attached hydrogen (secondary N) is 2. The highest BCUT2D eigenvalue weighted by Gasteiger charge is 2.23. The van der Waals surface area contributed by atoms with Gasteiger partial charge in [-0.2, -0.15) is 0 Å². The molecule has 1 atom stereocenters. The number of hydrogen-bond donors (Lipinski definition) is 2. The van der Waals surface area contributed by atoms with Gasteiger partial charge in [0.2, 0.25) is 11.8 Å². The largest absolute Gasteiger partial charge is 0.497 e. The van der Waals surface area contributed by atoms with Gasteiger partial charge in [0.15, 0.2) is 0 Å². The number of amides is 2. The van der Waals surface area contributed by atoms with Crippen LogP contribution >= 0.6 is 0 Å². The van der Waals surface area contributed by atoms with Gasteiger partial charge in [-0.05, 0) is 66.1 Å². The molecule has 4 rings (SSSR count). The Labute approximate surface area is 177 Å². The molecule has 2 aromatic rings. The van der Waals surface area contributed by atoms with Gasteiger partial charge in [0.05, 0.1) is 13.7 Å². The zero-order valence-electron chi connectivity index (χ0n) is 17.4. The summed E-state index contributed by atoms with van der Waals surface area (Å²) in [6, 6.07) is 14.3. The zero-order chi connectivity index (χ0) is 20.9. The summed E-state index contributed by atoms with van der Waals surface area (Å²) in [5.41, 5.74) is 4.68. The Morgan fingerprint density at radius 1 is 1.23 bits per heavy atom. The van der Waals surface area contributed by atoms with E-state index in [0.29, 0.717) is 26.1 Å². The van der Waals surface area contributed by atoms with Gasteiger partial charge in [-0.3, -0.25) is 9.59 Å². The van der Waals surface area contributed by atoms with Crippen LogP contribution in [0.2, 0.25) is 0 Å². The number of aryl methyl sites for hydroxylation is 1. The average molecular weight is 408 g/mol. The van der Waals surface area contributed by atoms with Crippen LogP contribution in [0.1, 0.15) is 41.9 Å². The van der Waals surface area contributed by atoms with Gasteiger partial charge in [0.1, 0.15) is 5.75 Å². The molecule has 158 valence electrons. The molecular weight excluding hydrogens is 378 g/mol. The summed E-state index contributed by atoms with van der Waals surface area (Å²) in [7, 11) is 1.69. The van der Waals surface area contributed by atoms with E-state index < -0.39 is 0 Å². The molecule has 0 bridgehead atoms. The molecule has 0 saturated carbocycles. The first-order valence-electron chi connectivity index (χ1n) is 10.7. The maximum Gasteiger partial charge on any atom is 0.239 e. The van der Waals surface area contributed by atoms with E-state index in [2.05, 4.69) is 27.7 Å². The predicted molar refractivity (Wildman–Crippen MR) is 117 cm³/mol. The lowest BCUT2D eigenvalue weighted by atomic mass is 9.81. The van der Waals surface area contributed by atoms with Crippen molar-refractivity contribution in [2.24, 2.45) is 0 Å². The first-order valence-corrected chi connectivity index (χ1v) is 10.7. The molecule has 1 aliphatic carbocycles. The second kappa shape index (κ2) is 9.20. The van der Waals surface area contributed by atoms with Crippen molar-refractivity contribution in [1.29, 1.82) is 0 Å². The summed E-state index contributed by atoms with van der Waals surface area (Å²) in [4.78, 5) is 26.2. The van der Waals surface area contributed by atoms with Gasteiger partial charge < -0.3 is 20.3 Å². The van der Waals surface area contributed by atoms with Crippen molar-refractivity contribution in [2.75, 3.05) is 31.6 Å². The summed E-state index contributed by atoms with van der Waals surface area (Å²) in [6.07, 6.45) is 3.72. The summed E-state index contributed by atoms with van der Waals surface area (Å²) in [5, 5.41) is 5.90. The summed E-state index contributed by atoms with van der Waals surface area (Å²) in [5.74, 6) is 1.29. The maximum atomic E-state index is 12.6. The van der Waals surface area contributed by atoms with Crippen LogP contribution in [0, 0.1) is 0 Å². The van der Waals surface area contributed by atoms with Gasteiger partial charge in [-0.25, -0.2) is 0 Å². The number of piperazine rings is 1. The molecule has 1 saturated heterocycles. The van der Waals surface area contributed by atoms with Crippen molar-refractivity contribution in [3.63, 3.8) is 0 Å². The highest BCUT2D eigenvalue weighted by Crippen LogP contribution is 2.35. The molecule has 2 aromatic carbocycles. The van der Waals surface area contributed by atoms with E-state index in [4.69, 9.17) is 4.74 Å². The molecule has 30 heavy (non-hydrogen) atoms. The Morgan fingerprint density at radius 3 is 2.83 bits per heavy atom. The lowest BCUT2D eigenvalue weighted by Gasteiger charge is -2.28. The molecule has 2 N–H and O–H groups in total. The minimum absolute atomic E-state index is 0.0559. The molecule has 2 amide bonds. The predicted octanol–water partition coefficient (Wildman–Crippen LogP) is 2.76. The Morgan fingerprint density at radius 2 is 2.07 bits per heavy atom. The zero-order valence-corrected chi connectivity index (χ0v) is 17.4. The molecule has 1 aliphatic heterocycles. The van der Waals surface area contributed by atoms with Crippen LogP contribution in [0.15, 0.2) is 42.5 Å². The fraction of sp³-hybridized carbons (Fsp3) is 0.417. The number of carbonyl (C=O) groups is 2. The first-order chi connectivity index (χ1) is 14.6. The number of methoxy groups -OCH3 is 1. The van der Waals surface area contributed by atoms with E-state index in [0.717, 1.165) is 42.8 Å². The number of carbonyl (C=O) groups excluding carboxylic acids is 2. The highest BCUT2D eigenvalue weighted by molar-refractivity contribution is 5.82. The van der Waals surface area contributed by atoms with E-state index in [1.807, 2.05) is 30.3 Å². The van der Waals surface area contributed by atoms with Crippen molar-refractivity contribution in [3.05, 3.63) is 59.2 Å². The van der Waals surface area contributed by atoms with Crippen molar-refractivity contribution in [2.45, 2.75) is 38.1 Å².